The average Bonchev–Trinajstić information content (AvgIpc) is 2.87. The normalized spacial score (nSPS) is 14.9. The van der Waals surface area contributed by atoms with Crippen molar-refractivity contribution in [2.75, 3.05) is 18.6 Å². The Morgan fingerprint density at radius 3 is 2.38 bits per heavy atom. The van der Waals surface area contributed by atoms with E-state index in [1.165, 1.54) is 7.11 Å². The molecule has 0 aromatic heterocycles. The van der Waals surface area contributed by atoms with Crippen molar-refractivity contribution in [1.82, 2.24) is 0 Å². The van der Waals surface area contributed by atoms with Gasteiger partial charge < -0.3 is 19.9 Å². The van der Waals surface area contributed by atoms with E-state index in [2.05, 4.69) is 0 Å². The molecule has 3 aromatic carbocycles. The van der Waals surface area contributed by atoms with Gasteiger partial charge in [-0.1, -0.05) is 37.3 Å². The van der Waals surface area contributed by atoms with Gasteiger partial charge in [0.25, 0.3) is 5.91 Å². The van der Waals surface area contributed by atoms with Gasteiger partial charge in [0.05, 0.1) is 19.2 Å². The van der Waals surface area contributed by atoms with Crippen LogP contribution in [0.4, 0.5) is 5.69 Å². The van der Waals surface area contributed by atoms with E-state index >= 15 is 0 Å². The van der Waals surface area contributed by atoms with Gasteiger partial charge in [0.1, 0.15) is 17.2 Å². The molecule has 2 N–H and O–H groups in total. The zero-order chi connectivity index (χ0) is 24.1. The Bertz CT molecular complexity index is 1160. The Balaban J connectivity index is 1.66. The van der Waals surface area contributed by atoms with Gasteiger partial charge in [-0.25, -0.2) is 4.79 Å². The number of anilines is 1. The Morgan fingerprint density at radius 1 is 1.03 bits per heavy atom. The van der Waals surface area contributed by atoms with E-state index in [-0.39, 0.29) is 5.91 Å². The summed E-state index contributed by atoms with van der Waals surface area (Å²) in [6.07, 6.45) is 0.765. The maximum atomic E-state index is 13.3. The number of hydrogen-bond donors (Lipinski definition) is 1. The van der Waals surface area contributed by atoms with Crippen LogP contribution in [-0.4, -0.2) is 31.6 Å². The quantitative estimate of drug-likeness (QED) is 0.499. The lowest BCUT2D eigenvalue weighted by Crippen LogP contribution is -2.45. The van der Waals surface area contributed by atoms with Crippen molar-refractivity contribution >= 4 is 17.6 Å². The van der Waals surface area contributed by atoms with Crippen molar-refractivity contribution < 1.29 is 23.8 Å². The molecule has 1 atom stereocenters. The Labute approximate surface area is 199 Å². The largest absolute Gasteiger partial charge is 0.478 e. The zero-order valence-corrected chi connectivity index (χ0v) is 19.3. The SMILES string of the molecule is CCC1Oc2cccc(Oc3ccc(CCN)cc3)c2N(Cc2ccc(C(=O)OC)cc2)C1=O. The van der Waals surface area contributed by atoms with Crippen LogP contribution in [0.1, 0.15) is 34.8 Å². The fourth-order valence-corrected chi connectivity index (χ4v) is 3.91. The van der Waals surface area contributed by atoms with Crippen molar-refractivity contribution in [3.8, 4) is 17.2 Å². The number of methoxy groups -OCH3 is 1. The summed E-state index contributed by atoms with van der Waals surface area (Å²) in [5.41, 5.74) is 8.67. The van der Waals surface area contributed by atoms with Crippen molar-refractivity contribution in [3.63, 3.8) is 0 Å². The van der Waals surface area contributed by atoms with Crippen LogP contribution in [0.15, 0.2) is 66.7 Å². The molecule has 0 bridgehead atoms. The van der Waals surface area contributed by atoms with Gasteiger partial charge in [0, 0.05) is 0 Å². The van der Waals surface area contributed by atoms with Gasteiger partial charge >= 0.3 is 5.97 Å². The highest BCUT2D eigenvalue weighted by Gasteiger charge is 2.35. The van der Waals surface area contributed by atoms with Crippen LogP contribution in [-0.2, 0) is 22.5 Å². The molecule has 7 nitrogen and oxygen atoms in total. The number of para-hydroxylation sites is 1. The third-order valence-corrected chi connectivity index (χ3v) is 5.71. The number of ether oxygens (including phenoxy) is 3. The number of nitrogens with zero attached hydrogens (tertiary/aromatic N) is 1. The van der Waals surface area contributed by atoms with E-state index in [9.17, 15) is 9.59 Å². The van der Waals surface area contributed by atoms with Crippen molar-refractivity contribution in [1.29, 1.82) is 0 Å². The number of rotatable bonds is 8. The summed E-state index contributed by atoms with van der Waals surface area (Å²) < 4.78 is 17.0. The first-order chi connectivity index (χ1) is 16.5. The highest BCUT2D eigenvalue weighted by atomic mass is 16.5. The summed E-state index contributed by atoms with van der Waals surface area (Å²) in [5, 5.41) is 0. The van der Waals surface area contributed by atoms with Gasteiger partial charge in [-0.15, -0.1) is 0 Å². The molecule has 1 aliphatic heterocycles. The van der Waals surface area contributed by atoms with Crippen molar-refractivity contribution in [2.24, 2.45) is 5.73 Å². The molecule has 4 rings (SSSR count). The molecule has 0 aliphatic carbocycles. The summed E-state index contributed by atoms with van der Waals surface area (Å²) in [7, 11) is 1.34. The summed E-state index contributed by atoms with van der Waals surface area (Å²) in [6, 6.07) is 20.3. The fourth-order valence-electron chi connectivity index (χ4n) is 3.91. The second-order valence-electron chi connectivity index (χ2n) is 8.02. The van der Waals surface area contributed by atoms with Gasteiger partial charge in [0.15, 0.2) is 11.9 Å². The highest BCUT2D eigenvalue weighted by Crippen LogP contribution is 2.44. The van der Waals surface area contributed by atoms with Crippen LogP contribution < -0.4 is 20.1 Å². The van der Waals surface area contributed by atoms with Crippen LogP contribution in [0.25, 0.3) is 0 Å². The topological polar surface area (TPSA) is 91.1 Å². The standard InChI is InChI=1S/C27H28N2O5/c1-3-22-26(30)29(17-19-7-11-20(12-8-19)27(31)32-2)25-23(5-4-6-24(25)34-22)33-21-13-9-18(10-14-21)15-16-28/h4-14,22H,3,15-17,28H2,1-2H3. The zero-order valence-electron chi connectivity index (χ0n) is 19.3. The molecule has 1 aliphatic rings. The molecule has 1 amide bonds. The molecular weight excluding hydrogens is 432 g/mol. The van der Waals surface area contributed by atoms with E-state index in [0.717, 1.165) is 17.5 Å². The number of esters is 1. The highest BCUT2D eigenvalue weighted by molar-refractivity contribution is 6.01. The predicted molar refractivity (Wildman–Crippen MR) is 129 cm³/mol. The maximum absolute atomic E-state index is 13.3. The average molecular weight is 461 g/mol. The first kappa shape index (κ1) is 23.3. The van der Waals surface area contributed by atoms with Crippen molar-refractivity contribution in [2.45, 2.75) is 32.4 Å². The third-order valence-electron chi connectivity index (χ3n) is 5.71. The van der Waals surface area contributed by atoms with E-state index in [1.807, 2.05) is 61.5 Å². The Morgan fingerprint density at radius 2 is 1.74 bits per heavy atom. The molecule has 176 valence electrons. The van der Waals surface area contributed by atoms with E-state index in [4.69, 9.17) is 19.9 Å². The molecular formula is C27H28N2O5. The number of fused-ring (bicyclic) bond motifs is 1. The number of carbonyl (C=O) groups excluding carboxylic acids is 2. The van der Waals surface area contributed by atoms with Gasteiger partial charge in [-0.3, -0.25) is 9.69 Å². The second-order valence-corrected chi connectivity index (χ2v) is 8.02. The fraction of sp³-hybridized carbons (Fsp3) is 0.259. The second kappa shape index (κ2) is 10.4. The molecule has 0 spiro atoms. The number of benzene rings is 3. The van der Waals surface area contributed by atoms with E-state index in [0.29, 0.717) is 48.0 Å². The molecule has 0 fully saturated rings. The van der Waals surface area contributed by atoms with Gasteiger partial charge in [-0.05, 0) is 66.9 Å². The van der Waals surface area contributed by atoms with Crippen LogP contribution in [0, 0.1) is 0 Å². The molecule has 7 heteroatoms. The summed E-state index contributed by atoms with van der Waals surface area (Å²) in [5.74, 6) is 1.23. The van der Waals surface area contributed by atoms with Gasteiger partial charge in [-0.2, -0.15) is 0 Å². The minimum absolute atomic E-state index is 0.138. The summed E-state index contributed by atoms with van der Waals surface area (Å²) in [4.78, 5) is 26.8. The molecule has 3 aromatic rings. The molecule has 0 radical (unpaired) electrons. The number of nitrogens with two attached hydrogens (primary N) is 1. The van der Waals surface area contributed by atoms with Crippen LogP contribution in [0.2, 0.25) is 0 Å². The lowest BCUT2D eigenvalue weighted by molar-refractivity contribution is -0.126. The number of amides is 1. The summed E-state index contributed by atoms with van der Waals surface area (Å²) in [6.45, 7) is 2.81. The molecule has 1 unspecified atom stereocenters. The minimum atomic E-state index is -0.576. The van der Waals surface area contributed by atoms with Crippen LogP contribution in [0.5, 0.6) is 17.2 Å². The molecule has 0 saturated heterocycles. The molecule has 34 heavy (non-hydrogen) atoms. The maximum Gasteiger partial charge on any atom is 0.337 e. The van der Waals surface area contributed by atoms with Crippen LogP contribution in [0.3, 0.4) is 0 Å². The van der Waals surface area contributed by atoms with Crippen LogP contribution >= 0.6 is 0 Å². The smallest absolute Gasteiger partial charge is 0.337 e. The first-order valence-electron chi connectivity index (χ1n) is 11.3. The predicted octanol–water partition coefficient (Wildman–Crippen LogP) is 4.47. The molecule has 1 heterocycles. The monoisotopic (exact) mass is 460 g/mol. The third kappa shape index (κ3) is 4.89. The van der Waals surface area contributed by atoms with Crippen molar-refractivity contribution in [3.05, 3.63) is 83.4 Å². The number of carbonyl (C=O) groups is 2. The molecule has 0 saturated carbocycles. The lowest BCUT2D eigenvalue weighted by atomic mass is 10.1. The minimum Gasteiger partial charge on any atom is -0.478 e. The lowest BCUT2D eigenvalue weighted by Gasteiger charge is -2.35. The van der Waals surface area contributed by atoms with E-state index in [1.54, 1.807) is 17.0 Å². The first-order valence-corrected chi connectivity index (χ1v) is 11.3. The van der Waals surface area contributed by atoms with Gasteiger partial charge in [0.2, 0.25) is 0 Å². The van der Waals surface area contributed by atoms with E-state index < -0.39 is 12.1 Å². The Kier molecular flexibility index (Phi) is 7.13. The Hall–Kier alpha value is -3.84. The summed E-state index contributed by atoms with van der Waals surface area (Å²) >= 11 is 0. The number of hydrogen-bond acceptors (Lipinski definition) is 6.